The first-order valence-corrected chi connectivity index (χ1v) is 16.6. The lowest BCUT2D eigenvalue weighted by Gasteiger charge is -2.40. The zero-order valence-corrected chi connectivity index (χ0v) is 13.6. The number of nitrogens with two attached hydrogens (primary N) is 1. The van der Waals surface area contributed by atoms with E-state index in [4.69, 9.17) is 5.73 Å². The minimum Gasteiger partial charge on any atom is -0.331 e. The largest absolute Gasteiger partial charge is 0.331 e. The third-order valence-corrected chi connectivity index (χ3v) is 37.2. The van der Waals surface area contributed by atoms with Crippen molar-refractivity contribution in [2.45, 2.75) is 58.3 Å². The molecule has 0 aliphatic heterocycles. The molecule has 2 N–H and O–H groups in total. The highest BCUT2D eigenvalue weighted by molar-refractivity contribution is 7.60. The Morgan fingerprint density at radius 2 is 1.31 bits per heavy atom. The van der Waals surface area contributed by atoms with E-state index in [0.29, 0.717) is 5.67 Å². The average molecular weight is 234 g/mol. The van der Waals surface area contributed by atoms with Crippen LogP contribution in [0.2, 0.25) is 39.3 Å². The Morgan fingerprint density at radius 3 is 1.38 bits per heavy atom. The summed E-state index contributed by atoms with van der Waals surface area (Å²) in [6, 6.07) is 0. The smallest absolute Gasteiger partial charge is 0.0461 e. The Morgan fingerprint density at radius 1 is 1.00 bits per heavy atom. The summed E-state index contributed by atoms with van der Waals surface area (Å²) in [6.45, 7) is 17.4. The molecule has 1 unspecified atom stereocenters. The van der Waals surface area contributed by atoms with Crippen LogP contribution < -0.4 is 5.73 Å². The lowest BCUT2D eigenvalue weighted by Crippen LogP contribution is -2.67. The first kappa shape index (κ1) is 13.6. The monoisotopic (exact) mass is 233 g/mol. The van der Waals surface area contributed by atoms with Gasteiger partial charge < -0.3 is 5.73 Å². The van der Waals surface area contributed by atoms with Crippen molar-refractivity contribution in [3.05, 3.63) is 0 Å². The van der Waals surface area contributed by atoms with Crippen molar-refractivity contribution in [3.8, 4) is 0 Å². The van der Waals surface area contributed by atoms with E-state index in [1.165, 1.54) is 6.42 Å². The lowest BCUT2D eigenvalue weighted by atomic mass is 10.5. The molecular formula is C9H27NSi3. The molecule has 0 spiro atoms. The minimum atomic E-state index is -0.931. The van der Waals surface area contributed by atoms with E-state index < -0.39 is 23.0 Å². The highest BCUT2D eigenvalue weighted by atomic mass is 29.6. The van der Waals surface area contributed by atoms with Gasteiger partial charge in [-0.15, -0.1) is 0 Å². The van der Waals surface area contributed by atoms with E-state index in [9.17, 15) is 0 Å². The van der Waals surface area contributed by atoms with E-state index in [1.807, 2.05) is 0 Å². The molecule has 1 nitrogen and oxygen atoms in total. The van der Waals surface area contributed by atoms with Gasteiger partial charge in [0, 0.05) is 23.0 Å². The molecule has 0 amide bonds. The van der Waals surface area contributed by atoms with Gasteiger partial charge in [0.2, 0.25) is 0 Å². The topological polar surface area (TPSA) is 26.0 Å². The quantitative estimate of drug-likeness (QED) is 0.741. The molecule has 0 saturated carbocycles. The molecule has 4 heteroatoms. The van der Waals surface area contributed by atoms with Crippen LogP contribution in [-0.2, 0) is 0 Å². The molecule has 0 aromatic heterocycles. The summed E-state index contributed by atoms with van der Waals surface area (Å²) in [5.74, 6) is 0. The Balaban J connectivity index is 4.78. The minimum absolute atomic E-state index is 0.582. The van der Waals surface area contributed by atoms with Gasteiger partial charge in [-0.25, -0.2) is 0 Å². The summed E-state index contributed by atoms with van der Waals surface area (Å²) in [4.78, 5) is 0. The summed E-state index contributed by atoms with van der Waals surface area (Å²) in [5, 5.41) is 0. The fraction of sp³-hybridized carbons (Fsp3) is 1.00. The predicted molar refractivity (Wildman–Crippen MR) is 72.1 cm³/mol. The molecule has 0 aromatic carbocycles. The van der Waals surface area contributed by atoms with E-state index in [1.54, 1.807) is 0 Å². The molecule has 1 atom stereocenters. The van der Waals surface area contributed by atoms with Crippen LogP contribution in [0.3, 0.4) is 0 Å². The Bertz CT molecular complexity index is 143. The highest BCUT2D eigenvalue weighted by Crippen LogP contribution is 2.20. The van der Waals surface area contributed by atoms with Crippen LogP contribution in [0.25, 0.3) is 0 Å². The highest BCUT2D eigenvalue weighted by Gasteiger charge is 2.41. The molecule has 0 aliphatic carbocycles. The zero-order valence-electron chi connectivity index (χ0n) is 10.4. The molecular weight excluding hydrogens is 206 g/mol. The van der Waals surface area contributed by atoms with E-state index >= 15 is 0 Å². The fourth-order valence-corrected chi connectivity index (χ4v) is 48.8. The number of rotatable bonds is 4. The molecule has 0 heterocycles. The third kappa shape index (κ3) is 4.10. The lowest BCUT2D eigenvalue weighted by molar-refractivity contribution is 0.846. The molecule has 0 aromatic rings. The molecule has 0 rings (SSSR count). The van der Waals surface area contributed by atoms with Crippen molar-refractivity contribution < 1.29 is 0 Å². The van der Waals surface area contributed by atoms with Gasteiger partial charge in [-0.1, -0.05) is 46.2 Å². The number of hydrogen-bond acceptors (Lipinski definition) is 1. The van der Waals surface area contributed by atoms with Crippen molar-refractivity contribution in [2.24, 2.45) is 5.73 Å². The van der Waals surface area contributed by atoms with Gasteiger partial charge >= 0.3 is 0 Å². The van der Waals surface area contributed by atoms with Gasteiger partial charge in [-0.2, -0.15) is 0 Å². The van der Waals surface area contributed by atoms with Gasteiger partial charge in [-0.05, 0) is 12.1 Å². The van der Waals surface area contributed by atoms with Crippen LogP contribution >= 0.6 is 0 Å². The molecule has 0 aliphatic rings. The van der Waals surface area contributed by atoms with Gasteiger partial charge in [0.05, 0.1) is 0 Å². The molecule has 0 bridgehead atoms. The maximum absolute atomic E-state index is 6.32. The SMILES string of the molecule is CCC(N)[SiH]([Si](C)(C)C)[Si](C)(C)C. The van der Waals surface area contributed by atoms with Gasteiger partial charge in [-0.3, -0.25) is 0 Å². The summed E-state index contributed by atoms with van der Waals surface area (Å²) < 4.78 is 0. The predicted octanol–water partition coefficient (Wildman–Crippen LogP) is 2.32. The second-order valence-corrected chi connectivity index (χ2v) is 33.4. The van der Waals surface area contributed by atoms with Crippen LogP contribution in [0.1, 0.15) is 13.3 Å². The zero-order chi connectivity index (χ0) is 10.9. The van der Waals surface area contributed by atoms with Crippen LogP contribution in [0.5, 0.6) is 0 Å². The first-order chi connectivity index (χ1) is 5.60. The molecule has 0 fully saturated rings. The molecule has 0 saturated heterocycles. The van der Waals surface area contributed by atoms with Crippen molar-refractivity contribution in [2.75, 3.05) is 0 Å². The Kier molecular flexibility index (Phi) is 4.63. The van der Waals surface area contributed by atoms with Crippen LogP contribution in [-0.4, -0.2) is 28.7 Å². The van der Waals surface area contributed by atoms with Gasteiger partial charge in [0.15, 0.2) is 0 Å². The van der Waals surface area contributed by atoms with Gasteiger partial charge in [0.25, 0.3) is 0 Å². The van der Waals surface area contributed by atoms with Crippen molar-refractivity contribution in [1.82, 2.24) is 0 Å². The van der Waals surface area contributed by atoms with Crippen molar-refractivity contribution in [3.63, 3.8) is 0 Å². The van der Waals surface area contributed by atoms with Crippen LogP contribution in [0, 0.1) is 0 Å². The normalized spacial score (nSPS) is 16.4. The molecule has 0 radical (unpaired) electrons. The summed E-state index contributed by atoms with van der Waals surface area (Å²) in [7, 11) is -2.51. The number of hydrogen-bond donors (Lipinski definition) is 1. The maximum Gasteiger partial charge on any atom is 0.0461 e. The average Bonchev–Trinajstić information content (AvgIpc) is 1.80. The van der Waals surface area contributed by atoms with Crippen molar-refractivity contribution in [1.29, 1.82) is 0 Å². The van der Waals surface area contributed by atoms with Gasteiger partial charge in [0.1, 0.15) is 0 Å². The van der Waals surface area contributed by atoms with E-state index in [2.05, 4.69) is 46.2 Å². The van der Waals surface area contributed by atoms with Crippen molar-refractivity contribution >= 4 is 23.0 Å². The van der Waals surface area contributed by atoms with E-state index in [-0.39, 0.29) is 0 Å². The first-order valence-electron chi connectivity index (χ1n) is 5.36. The molecule has 13 heavy (non-hydrogen) atoms. The maximum atomic E-state index is 6.32. The summed E-state index contributed by atoms with van der Waals surface area (Å²) in [6.07, 6.45) is 1.20. The Hall–Kier alpha value is 0.611. The van der Waals surface area contributed by atoms with E-state index in [0.717, 1.165) is 0 Å². The second kappa shape index (κ2) is 4.42. The van der Waals surface area contributed by atoms with Crippen LogP contribution in [0.15, 0.2) is 0 Å². The molecule has 80 valence electrons. The third-order valence-electron chi connectivity index (χ3n) is 2.77. The summed E-state index contributed by atoms with van der Waals surface area (Å²) >= 11 is 0. The summed E-state index contributed by atoms with van der Waals surface area (Å²) in [5.41, 5.74) is 6.90. The second-order valence-electron chi connectivity index (χ2n) is 6.28. The van der Waals surface area contributed by atoms with Crippen LogP contribution in [0.4, 0.5) is 0 Å². The Labute approximate surface area is 87.3 Å². The standard InChI is InChI=1S/C9H27NSi3/c1-8-9(10)11(12(2,3)4)13(5,6)7/h9,11H,8,10H2,1-7H3. The fourth-order valence-electron chi connectivity index (χ4n) is 2.82.